The monoisotopic (exact) mass is 186 g/mol. The summed E-state index contributed by atoms with van der Waals surface area (Å²) in [5, 5.41) is 0. The third kappa shape index (κ3) is 2.29. The van der Waals surface area contributed by atoms with Crippen molar-refractivity contribution >= 4 is 8.46 Å². The molecular formula is C10H19OP. The van der Waals surface area contributed by atoms with E-state index in [0.717, 1.165) is 12.3 Å². The van der Waals surface area contributed by atoms with Gasteiger partial charge in [-0.3, -0.25) is 4.57 Å². The standard InChI is InChI=1S/C10H19OP/c1-7(2)9-5-4-8(3)6-10(9)12-11/h7-10H,4-6H2,1-3H3/t8-,9+,10-/m1/s1. The molecule has 12 heavy (non-hydrogen) atoms. The molecule has 1 saturated carbocycles. The molecule has 1 aliphatic carbocycles. The Bertz CT molecular complexity index is 156. The quantitative estimate of drug-likeness (QED) is 0.600. The van der Waals surface area contributed by atoms with Crippen LogP contribution in [-0.4, -0.2) is 5.66 Å². The summed E-state index contributed by atoms with van der Waals surface area (Å²) in [6, 6.07) is 0. The van der Waals surface area contributed by atoms with Crippen molar-refractivity contribution in [1.82, 2.24) is 0 Å². The van der Waals surface area contributed by atoms with E-state index in [9.17, 15) is 4.57 Å². The summed E-state index contributed by atoms with van der Waals surface area (Å²) in [7, 11) is 0.376. The minimum atomic E-state index is 0.376. The van der Waals surface area contributed by atoms with E-state index in [1.807, 2.05) is 0 Å². The second-order valence-corrected chi connectivity index (χ2v) is 5.37. The minimum absolute atomic E-state index is 0.376. The lowest BCUT2D eigenvalue weighted by molar-refractivity contribution is 0.240. The molecule has 1 fully saturated rings. The van der Waals surface area contributed by atoms with Gasteiger partial charge in [-0.1, -0.05) is 27.2 Å². The van der Waals surface area contributed by atoms with Crippen molar-refractivity contribution < 1.29 is 4.57 Å². The second kappa shape index (κ2) is 4.37. The summed E-state index contributed by atoms with van der Waals surface area (Å²) in [6.07, 6.45) is 3.77. The van der Waals surface area contributed by atoms with Crippen LogP contribution in [0.3, 0.4) is 0 Å². The Balaban J connectivity index is 2.56. The van der Waals surface area contributed by atoms with Gasteiger partial charge in [0.1, 0.15) is 0 Å². The minimum Gasteiger partial charge on any atom is -0.275 e. The van der Waals surface area contributed by atoms with Crippen LogP contribution in [0.4, 0.5) is 0 Å². The highest BCUT2D eigenvalue weighted by Crippen LogP contribution is 2.39. The topological polar surface area (TPSA) is 17.1 Å². The van der Waals surface area contributed by atoms with Crippen LogP contribution in [0.1, 0.15) is 40.0 Å². The van der Waals surface area contributed by atoms with Crippen LogP contribution in [-0.2, 0) is 4.57 Å². The van der Waals surface area contributed by atoms with E-state index in [-0.39, 0.29) is 0 Å². The fourth-order valence-electron chi connectivity index (χ4n) is 2.27. The third-order valence-corrected chi connectivity index (χ3v) is 3.99. The van der Waals surface area contributed by atoms with Gasteiger partial charge in [0, 0.05) is 5.66 Å². The first kappa shape index (κ1) is 10.2. The summed E-state index contributed by atoms with van der Waals surface area (Å²) in [5.41, 5.74) is 0.439. The maximum atomic E-state index is 10.9. The lowest BCUT2D eigenvalue weighted by Gasteiger charge is -2.33. The van der Waals surface area contributed by atoms with Crippen molar-refractivity contribution in [1.29, 1.82) is 0 Å². The molecule has 70 valence electrons. The van der Waals surface area contributed by atoms with Crippen LogP contribution in [0, 0.1) is 17.8 Å². The summed E-state index contributed by atoms with van der Waals surface area (Å²) in [6.45, 7) is 6.77. The average molecular weight is 186 g/mol. The first-order chi connectivity index (χ1) is 5.65. The molecule has 0 aromatic rings. The van der Waals surface area contributed by atoms with Crippen LogP contribution in [0.2, 0.25) is 0 Å². The average Bonchev–Trinajstić information content (AvgIpc) is 2.03. The molecule has 1 rings (SSSR count). The van der Waals surface area contributed by atoms with E-state index < -0.39 is 0 Å². The van der Waals surface area contributed by atoms with Crippen molar-refractivity contribution in [3.8, 4) is 0 Å². The van der Waals surface area contributed by atoms with E-state index in [1.165, 1.54) is 12.8 Å². The lowest BCUT2D eigenvalue weighted by Crippen LogP contribution is -2.28. The van der Waals surface area contributed by atoms with Crippen LogP contribution < -0.4 is 0 Å². The van der Waals surface area contributed by atoms with Crippen LogP contribution in [0.25, 0.3) is 0 Å². The van der Waals surface area contributed by atoms with Gasteiger partial charge in [0.05, 0.1) is 0 Å². The molecule has 0 amide bonds. The van der Waals surface area contributed by atoms with Gasteiger partial charge in [0.25, 0.3) is 0 Å². The van der Waals surface area contributed by atoms with E-state index in [1.54, 1.807) is 0 Å². The first-order valence-corrected chi connectivity index (χ1v) is 5.85. The molecule has 0 aromatic carbocycles. The summed E-state index contributed by atoms with van der Waals surface area (Å²) < 4.78 is 10.9. The molecule has 2 heteroatoms. The van der Waals surface area contributed by atoms with Gasteiger partial charge in [0.15, 0.2) is 8.46 Å². The fraction of sp³-hybridized carbons (Fsp3) is 1.00. The molecule has 0 radical (unpaired) electrons. The Hall–Kier alpha value is 0.100. The number of hydrogen-bond acceptors (Lipinski definition) is 1. The Kier molecular flexibility index (Phi) is 3.71. The smallest absolute Gasteiger partial charge is 0.158 e. The summed E-state index contributed by atoms with van der Waals surface area (Å²) in [5.74, 6) is 2.18. The summed E-state index contributed by atoms with van der Waals surface area (Å²) in [4.78, 5) is 0. The molecule has 0 spiro atoms. The highest BCUT2D eigenvalue weighted by atomic mass is 31.1. The number of hydrogen-bond donors (Lipinski definition) is 0. The van der Waals surface area contributed by atoms with E-state index in [2.05, 4.69) is 20.8 Å². The highest BCUT2D eigenvalue weighted by Gasteiger charge is 2.30. The molecule has 0 unspecified atom stereocenters. The molecule has 1 nitrogen and oxygen atoms in total. The largest absolute Gasteiger partial charge is 0.275 e. The van der Waals surface area contributed by atoms with E-state index >= 15 is 0 Å². The molecule has 0 bridgehead atoms. The zero-order chi connectivity index (χ0) is 9.14. The lowest BCUT2D eigenvalue weighted by atomic mass is 9.77. The molecule has 0 aromatic heterocycles. The van der Waals surface area contributed by atoms with Gasteiger partial charge in [-0.15, -0.1) is 0 Å². The van der Waals surface area contributed by atoms with Crippen molar-refractivity contribution in [3.05, 3.63) is 0 Å². The predicted octanol–water partition coefficient (Wildman–Crippen LogP) is 3.74. The van der Waals surface area contributed by atoms with E-state index in [4.69, 9.17) is 0 Å². The Morgan fingerprint density at radius 3 is 2.50 bits per heavy atom. The molecule has 1 aliphatic rings. The first-order valence-electron chi connectivity index (χ1n) is 4.97. The van der Waals surface area contributed by atoms with Crippen molar-refractivity contribution in [2.45, 2.75) is 45.7 Å². The maximum absolute atomic E-state index is 10.9. The van der Waals surface area contributed by atoms with Gasteiger partial charge in [0.2, 0.25) is 0 Å². The Morgan fingerprint density at radius 2 is 2.00 bits per heavy atom. The van der Waals surface area contributed by atoms with E-state index in [0.29, 0.717) is 26.0 Å². The molecule has 3 atom stereocenters. The van der Waals surface area contributed by atoms with Crippen LogP contribution in [0.5, 0.6) is 0 Å². The molecule has 0 saturated heterocycles. The van der Waals surface area contributed by atoms with Gasteiger partial charge < -0.3 is 0 Å². The second-order valence-electron chi connectivity index (χ2n) is 4.50. The Morgan fingerprint density at radius 1 is 1.33 bits per heavy atom. The van der Waals surface area contributed by atoms with Gasteiger partial charge >= 0.3 is 0 Å². The molecule has 0 N–H and O–H groups in total. The normalized spacial score (nSPS) is 37.5. The zero-order valence-corrected chi connectivity index (χ0v) is 9.18. The predicted molar refractivity (Wildman–Crippen MR) is 52.7 cm³/mol. The molecule has 0 heterocycles. The van der Waals surface area contributed by atoms with Crippen molar-refractivity contribution in [3.63, 3.8) is 0 Å². The van der Waals surface area contributed by atoms with Crippen LogP contribution in [0.15, 0.2) is 0 Å². The van der Waals surface area contributed by atoms with Gasteiger partial charge in [-0.2, -0.15) is 0 Å². The van der Waals surface area contributed by atoms with Crippen LogP contribution >= 0.6 is 8.46 Å². The highest BCUT2D eigenvalue weighted by molar-refractivity contribution is 7.24. The molecular weight excluding hydrogens is 167 g/mol. The number of rotatable bonds is 2. The maximum Gasteiger partial charge on any atom is 0.158 e. The van der Waals surface area contributed by atoms with Gasteiger partial charge in [-0.05, 0) is 30.6 Å². The summed E-state index contributed by atoms with van der Waals surface area (Å²) >= 11 is 0. The van der Waals surface area contributed by atoms with Crippen molar-refractivity contribution in [2.75, 3.05) is 0 Å². The van der Waals surface area contributed by atoms with Gasteiger partial charge in [-0.25, -0.2) is 0 Å². The SMILES string of the molecule is CC(C)[C@@H]1CC[C@@H](C)C[C@H]1P=O. The Labute approximate surface area is 77.1 Å². The zero-order valence-electron chi connectivity index (χ0n) is 8.29. The fourth-order valence-corrected chi connectivity index (χ4v) is 3.37. The van der Waals surface area contributed by atoms with Crippen molar-refractivity contribution in [2.24, 2.45) is 17.8 Å². The molecule has 0 aliphatic heterocycles. The third-order valence-electron chi connectivity index (χ3n) is 3.12.